The van der Waals surface area contributed by atoms with E-state index >= 15 is 0 Å². The van der Waals surface area contributed by atoms with Crippen LogP contribution in [0.4, 0.5) is 5.69 Å². The van der Waals surface area contributed by atoms with Gasteiger partial charge in [-0.25, -0.2) is 0 Å². The zero-order valence-electron chi connectivity index (χ0n) is 13.3. The number of para-hydroxylation sites is 1. The fraction of sp³-hybridized carbons (Fsp3) is 0.588. The summed E-state index contributed by atoms with van der Waals surface area (Å²) in [7, 11) is 1.87. The van der Waals surface area contributed by atoms with Crippen LogP contribution in [0.5, 0.6) is 0 Å². The molecular formula is C17H25N3O2. The molecule has 1 amide bonds. The summed E-state index contributed by atoms with van der Waals surface area (Å²) in [5, 5.41) is 3.23. The third kappa shape index (κ3) is 3.42. The van der Waals surface area contributed by atoms with E-state index < -0.39 is 0 Å². The number of nitrogens with one attached hydrogen (secondary N) is 1. The lowest BCUT2D eigenvalue weighted by Crippen LogP contribution is -2.51. The van der Waals surface area contributed by atoms with Gasteiger partial charge in [0.2, 0.25) is 5.91 Å². The van der Waals surface area contributed by atoms with Gasteiger partial charge in [-0.2, -0.15) is 0 Å². The Labute approximate surface area is 132 Å². The highest BCUT2D eigenvalue weighted by molar-refractivity contribution is 5.82. The number of rotatable bonds is 4. The molecule has 5 heteroatoms. The molecule has 2 aliphatic heterocycles. The van der Waals surface area contributed by atoms with Gasteiger partial charge >= 0.3 is 0 Å². The van der Waals surface area contributed by atoms with Gasteiger partial charge in [0.1, 0.15) is 6.04 Å². The number of likely N-dealkylation sites (N-methyl/N-ethyl adjacent to an activating group) is 1. The number of hydrogen-bond donors (Lipinski definition) is 1. The second-order valence-electron chi connectivity index (χ2n) is 6.10. The number of carbonyl (C=O) groups is 1. The van der Waals surface area contributed by atoms with Crippen LogP contribution < -0.4 is 10.2 Å². The Morgan fingerprint density at radius 3 is 2.86 bits per heavy atom. The molecule has 1 aromatic rings. The fourth-order valence-corrected chi connectivity index (χ4v) is 3.23. The van der Waals surface area contributed by atoms with Crippen LogP contribution in [-0.4, -0.2) is 56.7 Å². The molecule has 2 fully saturated rings. The second kappa shape index (κ2) is 7.11. The molecule has 0 bridgehead atoms. The Hall–Kier alpha value is -1.59. The molecule has 22 heavy (non-hydrogen) atoms. The number of hydrogen-bond acceptors (Lipinski definition) is 4. The van der Waals surface area contributed by atoms with Crippen LogP contribution in [0.15, 0.2) is 24.3 Å². The van der Waals surface area contributed by atoms with Gasteiger partial charge in [0.25, 0.3) is 0 Å². The van der Waals surface area contributed by atoms with Crippen molar-refractivity contribution in [2.75, 3.05) is 44.8 Å². The molecule has 2 heterocycles. The third-order valence-corrected chi connectivity index (χ3v) is 4.44. The van der Waals surface area contributed by atoms with Crippen LogP contribution in [-0.2, 0) is 16.1 Å². The first kappa shape index (κ1) is 15.3. The highest BCUT2D eigenvalue weighted by Crippen LogP contribution is 2.25. The molecule has 0 radical (unpaired) electrons. The van der Waals surface area contributed by atoms with Crippen LogP contribution in [0.3, 0.4) is 0 Å². The summed E-state index contributed by atoms with van der Waals surface area (Å²) in [4.78, 5) is 16.7. The first-order chi connectivity index (χ1) is 10.8. The molecule has 2 aliphatic rings. The predicted molar refractivity (Wildman–Crippen MR) is 87.0 cm³/mol. The van der Waals surface area contributed by atoms with E-state index in [9.17, 15) is 4.79 Å². The number of benzene rings is 1. The molecular weight excluding hydrogens is 278 g/mol. The van der Waals surface area contributed by atoms with E-state index in [2.05, 4.69) is 34.5 Å². The molecule has 1 unspecified atom stereocenters. The zero-order chi connectivity index (χ0) is 15.4. The number of nitrogens with zero attached hydrogens (tertiary/aromatic N) is 2. The zero-order valence-corrected chi connectivity index (χ0v) is 13.3. The smallest absolute Gasteiger partial charge is 0.242 e. The predicted octanol–water partition coefficient (Wildman–Crippen LogP) is 1.23. The fourth-order valence-electron chi connectivity index (χ4n) is 3.23. The van der Waals surface area contributed by atoms with E-state index in [0.29, 0.717) is 19.8 Å². The largest absolute Gasteiger partial charge is 0.378 e. The van der Waals surface area contributed by atoms with Gasteiger partial charge in [-0.15, -0.1) is 0 Å². The topological polar surface area (TPSA) is 44.8 Å². The average Bonchev–Trinajstić information content (AvgIpc) is 3.10. The quantitative estimate of drug-likeness (QED) is 0.909. The van der Waals surface area contributed by atoms with E-state index in [-0.39, 0.29) is 11.9 Å². The Bertz CT molecular complexity index is 508. The van der Waals surface area contributed by atoms with Crippen molar-refractivity contribution in [1.82, 2.24) is 10.2 Å². The van der Waals surface area contributed by atoms with E-state index in [1.807, 2.05) is 7.05 Å². The van der Waals surface area contributed by atoms with E-state index in [4.69, 9.17) is 4.74 Å². The van der Waals surface area contributed by atoms with E-state index in [1.165, 1.54) is 24.1 Å². The molecule has 1 aromatic carbocycles. The van der Waals surface area contributed by atoms with Crippen molar-refractivity contribution >= 4 is 11.6 Å². The molecule has 120 valence electrons. The number of amides is 1. The summed E-state index contributed by atoms with van der Waals surface area (Å²) in [5.41, 5.74) is 2.49. The molecule has 0 spiro atoms. The highest BCUT2D eigenvalue weighted by Gasteiger charge is 2.25. The molecule has 0 aromatic heterocycles. The number of morpholine rings is 1. The number of carbonyl (C=O) groups excluding carboxylic acids is 1. The molecule has 3 rings (SSSR count). The van der Waals surface area contributed by atoms with Crippen molar-refractivity contribution in [2.24, 2.45) is 0 Å². The normalized spacial score (nSPS) is 21.9. The lowest BCUT2D eigenvalue weighted by atomic mass is 10.1. The average molecular weight is 303 g/mol. The van der Waals surface area contributed by atoms with Gasteiger partial charge < -0.3 is 19.9 Å². The molecule has 5 nitrogen and oxygen atoms in total. The summed E-state index contributed by atoms with van der Waals surface area (Å²) in [6.45, 7) is 4.78. The van der Waals surface area contributed by atoms with Crippen molar-refractivity contribution in [3.05, 3.63) is 29.8 Å². The highest BCUT2D eigenvalue weighted by atomic mass is 16.5. The summed E-state index contributed by atoms with van der Waals surface area (Å²) in [6.07, 6.45) is 2.51. The van der Waals surface area contributed by atoms with Gasteiger partial charge in [-0.1, -0.05) is 18.2 Å². The van der Waals surface area contributed by atoms with E-state index in [1.54, 1.807) is 4.90 Å². The summed E-state index contributed by atoms with van der Waals surface area (Å²) in [5.74, 6) is 0.107. The minimum atomic E-state index is -0.210. The molecule has 0 aliphatic carbocycles. The summed E-state index contributed by atoms with van der Waals surface area (Å²) < 4.78 is 5.39. The third-order valence-electron chi connectivity index (χ3n) is 4.44. The second-order valence-corrected chi connectivity index (χ2v) is 6.10. The monoisotopic (exact) mass is 303 g/mol. The standard InChI is InChI=1S/C17H25N3O2/c1-19(17(21)15-13-22-11-8-18-15)12-14-6-2-3-7-16(14)20-9-4-5-10-20/h2-3,6-7,15,18H,4-5,8-13H2,1H3. The maximum absolute atomic E-state index is 12.5. The van der Waals surface area contributed by atoms with Crippen molar-refractivity contribution in [3.63, 3.8) is 0 Å². The SMILES string of the molecule is CN(Cc1ccccc1N1CCCC1)C(=O)C1COCCN1. The van der Waals surface area contributed by atoms with Gasteiger partial charge in [0.15, 0.2) is 0 Å². The van der Waals surface area contributed by atoms with Gasteiger partial charge in [0, 0.05) is 38.9 Å². The molecule has 2 saturated heterocycles. The minimum absolute atomic E-state index is 0.107. The van der Waals surface area contributed by atoms with Crippen LogP contribution >= 0.6 is 0 Å². The maximum Gasteiger partial charge on any atom is 0.242 e. The van der Waals surface area contributed by atoms with Gasteiger partial charge in [-0.05, 0) is 24.5 Å². The Morgan fingerprint density at radius 2 is 2.14 bits per heavy atom. The number of anilines is 1. The van der Waals surface area contributed by atoms with Crippen LogP contribution in [0.2, 0.25) is 0 Å². The van der Waals surface area contributed by atoms with Crippen molar-refractivity contribution in [2.45, 2.75) is 25.4 Å². The lowest BCUT2D eigenvalue weighted by molar-refractivity contribution is -0.135. The Morgan fingerprint density at radius 1 is 1.36 bits per heavy atom. The summed E-state index contributed by atoms with van der Waals surface area (Å²) in [6, 6.07) is 8.21. The van der Waals surface area contributed by atoms with Crippen LogP contribution in [0.25, 0.3) is 0 Å². The molecule has 1 atom stereocenters. The molecule has 0 saturated carbocycles. The lowest BCUT2D eigenvalue weighted by Gasteiger charge is -2.29. The number of ether oxygens (including phenoxy) is 1. The Kier molecular flexibility index (Phi) is 4.95. The first-order valence-electron chi connectivity index (χ1n) is 8.14. The van der Waals surface area contributed by atoms with Crippen molar-refractivity contribution < 1.29 is 9.53 Å². The molecule has 1 N–H and O–H groups in total. The van der Waals surface area contributed by atoms with Crippen LogP contribution in [0.1, 0.15) is 18.4 Å². The van der Waals surface area contributed by atoms with Crippen molar-refractivity contribution in [3.8, 4) is 0 Å². The van der Waals surface area contributed by atoms with Gasteiger partial charge in [-0.3, -0.25) is 4.79 Å². The summed E-state index contributed by atoms with van der Waals surface area (Å²) >= 11 is 0. The van der Waals surface area contributed by atoms with Crippen molar-refractivity contribution in [1.29, 1.82) is 0 Å². The van der Waals surface area contributed by atoms with Crippen LogP contribution in [0, 0.1) is 0 Å². The van der Waals surface area contributed by atoms with Gasteiger partial charge in [0.05, 0.1) is 13.2 Å². The minimum Gasteiger partial charge on any atom is -0.378 e. The Balaban J connectivity index is 1.68. The van der Waals surface area contributed by atoms with E-state index in [0.717, 1.165) is 19.6 Å². The maximum atomic E-state index is 12.5. The first-order valence-corrected chi connectivity index (χ1v) is 8.14.